The van der Waals surface area contributed by atoms with Crippen LogP contribution in [0.4, 0.5) is 4.79 Å². The molecule has 3 rings (SSSR count). The summed E-state index contributed by atoms with van der Waals surface area (Å²) in [5.74, 6) is -0.0106. The number of amides is 3. The summed E-state index contributed by atoms with van der Waals surface area (Å²) >= 11 is 1.08. The zero-order chi connectivity index (χ0) is 20.6. The van der Waals surface area contributed by atoms with Crippen LogP contribution in [0.15, 0.2) is 57.0 Å². The molecule has 3 amide bonds. The van der Waals surface area contributed by atoms with Crippen LogP contribution in [0, 0.1) is 0 Å². The number of hydrogen-bond acceptors (Lipinski definition) is 7. The second-order valence-corrected chi connectivity index (χ2v) is 6.90. The van der Waals surface area contributed by atoms with Crippen molar-refractivity contribution >= 4 is 34.6 Å². The number of furan rings is 1. The van der Waals surface area contributed by atoms with Gasteiger partial charge in [0, 0.05) is 7.11 Å². The number of imide groups is 1. The van der Waals surface area contributed by atoms with E-state index < -0.39 is 11.9 Å². The third kappa shape index (κ3) is 5.46. The predicted molar refractivity (Wildman–Crippen MR) is 108 cm³/mol. The number of thioether (sulfide) groups is 1. The number of hydrogen-bond donors (Lipinski definition) is 2. The van der Waals surface area contributed by atoms with Crippen LogP contribution >= 0.6 is 11.8 Å². The summed E-state index contributed by atoms with van der Waals surface area (Å²) < 4.78 is 11.6. The van der Waals surface area contributed by atoms with Crippen LogP contribution in [0.3, 0.4) is 0 Å². The number of para-hydroxylation sites is 1. The molecule has 0 radical (unpaired) electrons. The molecule has 0 spiro atoms. The predicted octanol–water partition coefficient (Wildman–Crippen LogP) is 1.75. The van der Waals surface area contributed by atoms with Crippen molar-refractivity contribution < 1.29 is 18.7 Å². The third-order valence-corrected chi connectivity index (χ3v) is 4.91. The molecular formula is C19H20N4O5S. The first-order chi connectivity index (χ1) is 14.1. The van der Waals surface area contributed by atoms with E-state index in [0.29, 0.717) is 35.0 Å². The smallest absolute Gasteiger partial charge is 0.321 e. The zero-order valence-electron chi connectivity index (χ0n) is 15.7. The van der Waals surface area contributed by atoms with Crippen LogP contribution < -0.4 is 16.2 Å². The molecule has 3 aromatic rings. The van der Waals surface area contributed by atoms with Gasteiger partial charge in [0.05, 0.1) is 42.6 Å². The molecule has 2 N–H and O–H groups in total. The standard InChI is InChI=1S/C19H20N4O5S/c1-27-10-8-23-17(25)14-6-2-3-7-15(14)21-19(23)29-12-16(24)22-18(26)20-11-13-5-4-9-28-13/h2-7,9H,8,10-12H2,1H3,(H2,20,22,24,26). The molecular weight excluding hydrogens is 396 g/mol. The van der Waals surface area contributed by atoms with Gasteiger partial charge in [-0.25, -0.2) is 9.78 Å². The summed E-state index contributed by atoms with van der Waals surface area (Å²) in [5.41, 5.74) is 0.344. The molecule has 0 aliphatic carbocycles. The van der Waals surface area contributed by atoms with Crippen LogP contribution in [0.25, 0.3) is 10.9 Å². The van der Waals surface area contributed by atoms with Gasteiger partial charge in [0.25, 0.3) is 5.56 Å². The number of nitrogens with one attached hydrogen (secondary N) is 2. The summed E-state index contributed by atoms with van der Waals surface area (Å²) in [5, 5.41) is 5.64. The number of carbonyl (C=O) groups is 2. The number of aromatic nitrogens is 2. The number of nitrogens with zero attached hydrogens (tertiary/aromatic N) is 2. The first kappa shape index (κ1) is 20.6. The van der Waals surface area contributed by atoms with Crippen molar-refractivity contribution in [3.8, 4) is 0 Å². The number of rotatable bonds is 8. The normalized spacial score (nSPS) is 10.8. The maximum absolute atomic E-state index is 12.8. The summed E-state index contributed by atoms with van der Waals surface area (Å²) in [4.78, 5) is 41.2. The number of methoxy groups -OCH3 is 1. The Hall–Kier alpha value is -3.11. The van der Waals surface area contributed by atoms with Crippen molar-refractivity contribution in [2.45, 2.75) is 18.2 Å². The van der Waals surface area contributed by atoms with Crippen molar-refractivity contribution in [2.75, 3.05) is 19.5 Å². The highest BCUT2D eigenvalue weighted by molar-refractivity contribution is 7.99. The lowest BCUT2D eigenvalue weighted by Crippen LogP contribution is -2.40. The van der Waals surface area contributed by atoms with E-state index in [-0.39, 0.29) is 17.9 Å². The van der Waals surface area contributed by atoms with Gasteiger partial charge in [0.2, 0.25) is 5.91 Å². The van der Waals surface area contributed by atoms with Crippen molar-refractivity contribution in [1.29, 1.82) is 0 Å². The van der Waals surface area contributed by atoms with Gasteiger partial charge >= 0.3 is 6.03 Å². The van der Waals surface area contributed by atoms with Crippen LogP contribution in [0.1, 0.15) is 5.76 Å². The third-order valence-electron chi connectivity index (χ3n) is 3.93. The highest BCUT2D eigenvalue weighted by Crippen LogP contribution is 2.17. The van der Waals surface area contributed by atoms with Gasteiger partial charge in [-0.15, -0.1) is 0 Å². The second-order valence-electron chi connectivity index (χ2n) is 5.96. The molecule has 0 saturated carbocycles. The number of urea groups is 1. The fourth-order valence-corrected chi connectivity index (χ4v) is 3.38. The Balaban J connectivity index is 1.64. The number of fused-ring (bicyclic) bond motifs is 1. The first-order valence-electron chi connectivity index (χ1n) is 8.80. The summed E-state index contributed by atoms with van der Waals surface area (Å²) in [6, 6.07) is 9.79. The molecule has 2 aromatic heterocycles. The molecule has 0 fully saturated rings. The van der Waals surface area contributed by atoms with Crippen LogP contribution in [0.5, 0.6) is 0 Å². The maximum Gasteiger partial charge on any atom is 0.321 e. The average molecular weight is 416 g/mol. The Morgan fingerprint density at radius 1 is 1.24 bits per heavy atom. The average Bonchev–Trinajstić information content (AvgIpc) is 3.24. The van der Waals surface area contributed by atoms with Gasteiger partial charge in [0.1, 0.15) is 5.76 Å². The lowest BCUT2D eigenvalue weighted by molar-refractivity contribution is -0.117. The fourth-order valence-electron chi connectivity index (χ4n) is 2.56. The van der Waals surface area contributed by atoms with E-state index in [1.54, 1.807) is 43.5 Å². The van der Waals surface area contributed by atoms with Crippen LogP contribution in [-0.4, -0.2) is 41.0 Å². The molecule has 2 heterocycles. The quantitative estimate of drug-likeness (QED) is 0.425. The Labute approximate surface area is 170 Å². The molecule has 0 bridgehead atoms. The molecule has 0 aliphatic heterocycles. The fraction of sp³-hybridized carbons (Fsp3) is 0.263. The monoisotopic (exact) mass is 416 g/mol. The Bertz CT molecular complexity index is 1050. The number of benzene rings is 1. The minimum atomic E-state index is -0.629. The van der Waals surface area contributed by atoms with E-state index in [0.717, 1.165) is 11.8 Å². The van der Waals surface area contributed by atoms with Gasteiger partial charge in [-0.2, -0.15) is 0 Å². The van der Waals surface area contributed by atoms with E-state index in [2.05, 4.69) is 15.6 Å². The second kappa shape index (κ2) is 9.89. The minimum Gasteiger partial charge on any atom is -0.467 e. The molecule has 10 heteroatoms. The lowest BCUT2D eigenvalue weighted by atomic mass is 10.2. The van der Waals surface area contributed by atoms with Crippen LogP contribution in [0.2, 0.25) is 0 Å². The molecule has 0 unspecified atom stereocenters. The Morgan fingerprint density at radius 3 is 2.83 bits per heavy atom. The van der Waals surface area contributed by atoms with E-state index in [9.17, 15) is 14.4 Å². The number of carbonyl (C=O) groups excluding carboxylic acids is 2. The van der Waals surface area contributed by atoms with E-state index in [1.807, 2.05) is 0 Å². The lowest BCUT2D eigenvalue weighted by Gasteiger charge is -2.12. The maximum atomic E-state index is 12.8. The summed E-state index contributed by atoms with van der Waals surface area (Å²) in [7, 11) is 1.54. The highest BCUT2D eigenvalue weighted by atomic mass is 32.2. The van der Waals surface area contributed by atoms with E-state index >= 15 is 0 Å². The molecule has 0 atom stereocenters. The summed E-state index contributed by atoms with van der Waals surface area (Å²) in [6.07, 6.45) is 1.50. The van der Waals surface area contributed by atoms with E-state index in [4.69, 9.17) is 9.15 Å². The molecule has 1 aromatic carbocycles. The number of ether oxygens (including phenoxy) is 1. The van der Waals surface area contributed by atoms with Crippen LogP contribution in [-0.2, 0) is 22.6 Å². The minimum absolute atomic E-state index is 0.0774. The molecule has 0 saturated heterocycles. The molecule has 152 valence electrons. The topological polar surface area (TPSA) is 115 Å². The molecule has 0 aliphatic rings. The van der Waals surface area contributed by atoms with Gasteiger partial charge in [-0.05, 0) is 24.3 Å². The van der Waals surface area contributed by atoms with E-state index in [1.165, 1.54) is 10.8 Å². The zero-order valence-corrected chi connectivity index (χ0v) is 16.5. The molecule has 29 heavy (non-hydrogen) atoms. The van der Waals surface area contributed by atoms with Gasteiger partial charge in [-0.1, -0.05) is 23.9 Å². The van der Waals surface area contributed by atoms with Gasteiger partial charge in [-0.3, -0.25) is 19.5 Å². The largest absolute Gasteiger partial charge is 0.467 e. The summed E-state index contributed by atoms with van der Waals surface area (Å²) in [6.45, 7) is 0.803. The highest BCUT2D eigenvalue weighted by Gasteiger charge is 2.14. The van der Waals surface area contributed by atoms with Crippen molar-refractivity contribution in [3.05, 3.63) is 58.8 Å². The Morgan fingerprint density at radius 2 is 2.07 bits per heavy atom. The Kier molecular flexibility index (Phi) is 7.04. The van der Waals surface area contributed by atoms with Gasteiger partial charge < -0.3 is 14.5 Å². The SMILES string of the molecule is COCCn1c(SCC(=O)NC(=O)NCc2ccco2)nc2ccccc2c1=O. The molecule has 9 nitrogen and oxygen atoms in total. The van der Waals surface area contributed by atoms with Crippen molar-refractivity contribution in [3.63, 3.8) is 0 Å². The first-order valence-corrected chi connectivity index (χ1v) is 9.78. The van der Waals surface area contributed by atoms with Crippen molar-refractivity contribution in [2.24, 2.45) is 0 Å². The van der Waals surface area contributed by atoms with Crippen molar-refractivity contribution in [1.82, 2.24) is 20.2 Å². The van der Waals surface area contributed by atoms with Gasteiger partial charge in [0.15, 0.2) is 5.16 Å².